The van der Waals surface area contributed by atoms with Crippen LogP contribution in [0.5, 0.6) is 0 Å². The minimum atomic E-state index is -3.87. The van der Waals surface area contributed by atoms with E-state index in [9.17, 15) is 13.5 Å². The van der Waals surface area contributed by atoms with Crippen LogP contribution in [-0.2, 0) is 20.0 Å². The van der Waals surface area contributed by atoms with Crippen molar-refractivity contribution in [1.82, 2.24) is 0 Å². The molecule has 0 aromatic heterocycles. The second-order valence-corrected chi connectivity index (χ2v) is 3.53. The van der Waals surface area contributed by atoms with Gasteiger partial charge in [-0.1, -0.05) is 0 Å². The summed E-state index contributed by atoms with van der Waals surface area (Å²) in [5.74, 6) is -0.314. The first-order chi connectivity index (χ1) is 5.06. The third-order valence-electron chi connectivity index (χ3n) is 0.919. The first-order valence-electron chi connectivity index (χ1n) is 3.17. The van der Waals surface area contributed by atoms with E-state index in [2.05, 4.69) is 0 Å². The molecule has 1 radical (unpaired) electrons. The molecule has 0 unspecified atom stereocenters. The largest absolute Gasteiger partial charge is 0.379 e. The lowest BCUT2D eigenvalue weighted by molar-refractivity contribution is 0.0643. The van der Waals surface area contributed by atoms with Crippen LogP contribution in [0.1, 0.15) is 6.42 Å². The highest BCUT2D eigenvalue weighted by Crippen LogP contribution is 1.88. The summed E-state index contributed by atoms with van der Waals surface area (Å²) < 4.78 is 33.1. The maximum Gasteiger partial charge on any atom is 0.264 e. The zero-order valence-corrected chi connectivity index (χ0v) is 6.84. The highest BCUT2D eigenvalue weighted by molar-refractivity contribution is 7.85. The normalized spacial score (nSPS) is 11.8. The molecular formula is C5H11O5S. The molecule has 0 aliphatic carbocycles. The van der Waals surface area contributed by atoms with Crippen LogP contribution in [0.15, 0.2) is 0 Å². The minimum absolute atomic E-state index is 0.0888. The average Bonchev–Trinajstić information content (AvgIpc) is 1.85. The number of hydrogen-bond donors (Lipinski definition) is 1. The molecule has 6 heteroatoms. The number of ether oxygens (including phenoxy) is 1. The second-order valence-electron chi connectivity index (χ2n) is 1.96. The van der Waals surface area contributed by atoms with Crippen LogP contribution in [0.3, 0.4) is 0 Å². The van der Waals surface area contributed by atoms with E-state index in [0.717, 1.165) is 0 Å². The van der Waals surface area contributed by atoms with Crippen molar-refractivity contribution in [3.63, 3.8) is 0 Å². The van der Waals surface area contributed by atoms with Crippen molar-refractivity contribution in [1.29, 1.82) is 0 Å². The lowest BCUT2D eigenvalue weighted by atomic mass is 10.5. The first kappa shape index (κ1) is 10.8. The van der Waals surface area contributed by atoms with Gasteiger partial charge in [0, 0.05) is 6.61 Å². The molecule has 0 amide bonds. The first-order valence-corrected chi connectivity index (χ1v) is 4.78. The molecule has 0 aromatic rings. The summed E-state index contributed by atoms with van der Waals surface area (Å²) in [4.78, 5) is 0. The van der Waals surface area contributed by atoms with Gasteiger partial charge in [-0.3, -0.25) is 4.55 Å². The number of rotatable bonds is 6. The van der Waals surface area contributed by atoms with Crippen LogP contribution >= 0.6 is 0 Å². The predicted octanol–water partition coefficient (Wildman–Crippen LogP) is -0.289. The van der Waals surface area contributed by atoms with Crippen LogP contribution in [0.25, 0.3) is 0 Å². The topological polar surface area (TPSA) is 83.5 Å². The molecule has 0 saturated heterocycles. The zero-order chi connectivity index (χ0) is 8.74. The maximum atomic E-state index is 10.1. The summed E-state index contributed by atoms with van der Waals surface area (Å²) in [6.07, 6.45) is 0.221. The molecule has 0 rings (SSSR count). The quantitative estimate of drug-likeness (QED) is 0.453. The van der Waals surface area contributed by atoms with Crippen molar-refractivity contribution in [2.75, 3.05) is 25.6 Å². The standard InChI is InChI=1S/C5H11O5S/c6-2-4-10-3-1-5-11(7,8)9/h1-5H2,(H,7,8,9). The molecule has 0 bridgehead atoms. The van der Waals surface area contributed by atoms with Crippen LogP contribution in [0.2, 0.25) is 0 Å². The van der Waals surface area contributed by atoms with Gasteiger partial charge in [-0.15, -0.1) is 0 Å². The molecule has 0 aliphatic heterocycles. The van der Waals surface area contributed by atoms with Gasteiger partial charge < -0.3 is 4.74 Å². The molecular weight excluding hydrogens is 172 g/mol. The maximum absolute atomic E-state index is 10.1. The Morgan fingerprint density at radius 3 is 2.36 bits per heavy atom. The molecule has 5 nitrogen and oxygen atoms in total. The van der Waals surface area contributed by atoms with Gasteiger partial charge >= 0.3 is 0 Å². The van der Waals surface area contributed by atoms with Gasteiger partial charge in [0.15, 0.2) is 0 Å². The summed E-state index contributed by atoms with van der Waals surface area (Å²) in [6.45, 7) is -0.0423. The van der Waals surface area contributed by atoms with E-state index in [1.54, 1.807) is 0 Å². The van der Waals surface area contributed by atoms with Gasteiger partial charge in [0.25, 0.3) is 10.1 Å². The molecule has 0 fully saturated rings. The highest BCUT2D eigenvalue weighted by Gasteiger charge is 2.02. The summed E-state index contributed by atoms with van der Waals surface area (Å²) >= 11 is 0. The highest BCUT2D eigenvalue weighted by atomic mass is 32.2. The molecule has 0 saturated carbocycles. The predicted molar refractivity (Wildman–Crippen MR) is 37.4 cm³/mol. The van der Waals surface area contributed by atoms with Crippen LogP contribution in [-0.4, -0.2) is 38.5 Å². The Bertz CT molecular complexity index is 173. The fourth-order valence-corrected chi connectivity index (χ4v) is 0.987. The van der Waals surface area contributed by atoms with E-state index in [1.807, 2.05) is 0 Å². The van der Waals surface area contributed by atoms with Gasteiger partial charge in [-0.05, 0) is 6.42 Å². The Morgan fingerprint density at radius 1 is 1.27 bits per heavy atom. The third kappa shape index (κ3) is 9.83. The molecule has 11 heavy (non-hydrogen) atoms. The third-order valence-corrected chi connectivity index (χ3v) is 1.72. The van der Waals surface area contributed by atoms with Gasteiger partial charge in [0.2, 0.25) is 0 Å². The van der Waals surface area contributed by atoms with Crippen LogP contribution in [0.4, 0.5) is 0 Å². The average molecular weight is 183 g/mol. The Morgan fingerprint density at radius 2 is 1.91 bits per heavy atom. The lowest BCUT2D eigenvalue weighted by Crippen LogP contribution is -2.08. The summed E-state index contributed by atoms with van der Waals surface area (Å²) in [5.41, 5.74) is 0. The smallest absolute Gasteiger partial charge is 0.264 e. The summed E-state index contributed by atoms with van der Waals surface area (Å²) in [6, 6.07) is 0. The van der Waals surface area contributed by atoms with E-state index in [-0.39, 0.29) is 32.0 Å². The fraction of sp³-hybridized carbons (Fsp3) is 1.00. The van der Waals surface area contributed by atoms with Crippen molar-refractivity contribution in [2.45, 2.75) is 6.42 Å². The minimum Gasteiger partial charge on any atom is -0.379 e. The van der Waals surface area contributed by atoms with Crippen LogP contribution < -0.4 is 0 Å². The van der Waals surface area contributed by atoms with E-state index >= 15 is 0 Å². The monoisotopic (exact) mass is 183 g/mol. The molecule has 67 valence electrons. The molecule has 0 atom stereocenters. The van der Waals surface area contributed by atoms with Crippen molar-refractivity contribution in [3.05, 3.63) is 0 Å². The van der Waals surface area contributed by atoms with E-state index in [0.29, 0.717) is 0 Å². The van der Waals surface area contributed by atoms with Gasteiger partial charge in [0.05, 0.1) is 12.4 Å². The molecule has 0 aromatic carbocycles. The fourth-order valence-electron chi connectivity index (χ4n) is 0.504. The van der Waals surface area contributed by atoms with Crippen molar-refractivity contribution >= 4 is 10.1 Å². The Hall–Kier alpha value is -0.170. The molecule has 0 aliphatic rings. The van der Waals surface area contributed by atoms with Gasteiger partial charge in [-0.2, -0.15) is 8.42 Å². The Labute approximate surface area is 65.7 Å². The van der Waals surface area contributed by atoms with Gasteiger partial charge in [-0.25, -0.2) is 5.11 Å². The summed E-state index contributed by atoms with van der Waals surface area (Å²) in [5, 5.41) is 9.80. The molecule has 0 spiro atoms. The van der Waals surface area contributed by atoms with Crippen molar-refractivity contribution < 1.29 is 22.8 Å². The van der Waals surface area contributed by atoms with Crippen molar-refractivity contribution in [2.24, 2.45) is 0 Å². The van der Waals surface area contributed by atoms with Gasteiger partial charge in [0.1, 0.15) is 6.61 Å². The molecule has 1 N–H and O–H groups in total. The molecule has 0 heterocycles. The Balaban J connectivity index is 3.16. The summed E-state index contributed by atoms with van der Waals surface area (Å²) in [7, 11) is -3.87. The van der Waals surface area contributed by atoms with Crippen molar-refractivity contribution in [3.8, 4) is 0 Å². The van der Waals surface area contributed by atoms with E-state index in [4.69, 9.17) is 9.29 Å². The SMILES string of the molecule is [O]CCOCCCS(=O)(=O)O. The number of hydrogen-bond acceptors (Lipinski definition) is 3. The lowest BCUT2D eigenvalue weighted by Gasteiger charge is -1.98. The second kappa shape index (κ2) is 5.48. The zero-order valence-electron chi connectivity index (χ0n) is 6.02. The van der Waals surface area contributed by atoms with E-state index < -0.39 is 10.1 Å². The Kier molecular flexibility index (Phi) is 5.39. The van der Waals surface area contributed by atoms with E-state index in [1.165, 1.54) is 0 Å². The van der Waals surface area contributed by atoms with Crippen LogP contribution in [0, 0.1) is 0 Å².